The summed E-state index contributed by atoms with van der Waals surface area (Å²) in [4.78, 5) is 2.52. The van der Waals surface area contributed by atoms with Gasteiger partial charge in [0.2, 0.25) is 0 Å². The normalized spacial score (nSPS) is 28.2. The minimum Gasteiger partial charge on any atom is -0.312 e. The third-order valence-electron chi connectivity index (χ3n) is 3.67. The van der Waals surface area contributed by atoms with Gasteiger partial charge in [-0.15, -0.1) is 24.8 Å². The van der Waals surface area contributed by atoms with E-state index in [4.69, 9.17) is 0 Å². The van der Waals surface area contributed by atoms with Gasteiger partial charge < -0.3 is 5.32 Å². The predicted molar refractivity (Wildman–Crippen MR) is 74.9 cm³/mol. The van der Waals surface area contributed by atoms with Crippen LogP contribution in [0.4, 0.5) is 0 Å². The fourth-order valence-electron chi connectivity index (χ4n) is 2.51. The highest BCUT2D eigenvalue weighted by molar-refractivity contribution is 5.85. The lowest BCUT2D eigenvalue weighted by atomic mass is 9.77. The van der Waals surface area contributed by atoms with Crippen LogP contribution in [0, 0.1) is 5.41 Å². The fraction of sp³-hybridized carbons (Fsp3) is 0.833. The Hall–Kier alpha value is 0.240. The molecule has 0 aromatic heterocycles. The zero-order valence-corrected chi connectivity index (χ0v) is 11.9. The molecule has 4 heteroatoms. The van der Waals surface area contributed by atoms with E-state index < -0.39 is 0 Å². The van der Waals surface area contributed by atoms with Crippen molar-refractivity contribution in [2.75, 3.05) is 26.2 Å². The van der Waals surface area contributed by atoms with Crippen molar-refractivity contribution in [2.24, 2.45) is 5.41 Å². The molecule has 0 spiro atoms. The fourth-order valence-corrected chi connectivity index (χ4v) is 2.51. The molecule has 2 rings (SSSR count). The smallest absolute Gasteiger partial charge is 0.0246 e. The summed E-state index contributed by atoms with van der Waals surface area (Å²) in [5.74, 6) is 0. The summed E-state index contributed by atoms with van der Waals surface area (Å²) in [7, 11) is 0. The number of halogens is 2. The Bertz CT molecular complexity index is 221. The monoisotopic (exact) mass is 266 g/mol. The third-order valence-corrected chi connectivity index (χ3v) is 3.67. The molecule has 1 saturated heterocycles. The highest BCUT2D eigenvalue weighted by atomic mass is 35.5. The quantitative estimate of drug-likeness (QED) is 0.773. The molecule has 2 heterocycles. The van der Waals surface area contributed by atoms with Crippen molar-refractivity contribution in [3.05, 3.63) is 12.2 Å². The van der Waals surface area contributed by atoms with Gasteiger partial charge >= 0.3 is 0 Å². The Morgan fingerprint density at radius 3 is 2.44 bits per heavy atom. The summed E-state index contributed by atoms with van der Waals surface area (Å²) in [5, 5.41) is 3.67. The van der Waals surface area contributed by atoms with Gasteiger partial charge in [0.25, 0.3) is 0 Å². The van der Waals surface area contributed by atoms with Gasteiger partial charge in [0.1, 0.15) is 0 Å². The second-order valence-corrected chi connectivity index (χ2v) is 5.29. The van der Waals surface area contributed by atoms with Crippen LogP contribution in [0.25, 0.3) is 0 Å². The predicted octanol–water partition coefficient (Wildman–Crippen LogP) is 2.48. The molecule has 2 aliphatic heterocycles. The molecule has 1 unspecified atom stereocenters. The van der Waals surface area contributed by atoms with E-state index in [0.29, 0.717) is 11.5 Å². The molecule has 1 fully saturated rings. The van der Waals surface area contributed by atoms with Crippen LogP contribution in [0.3, 0.4) is 0 Å². The molecule has 16 heavy (non-hydrogen) atoms. The van der Waals surface area contributed by atoms with Crippen LogP contribution < -0.4 is 5.32 Å². The summed E-state index contributed by atoms with van der Waals surface area (Å²) in [6.45, 7) is 9.50. The Morgan fingerprint density at radius 2 is 1.88 bits per heavy atom. The van der Waals surface area contributed by atoms with Crippen LogP contribution in [0.1, 0.15) is 26.7 Å². The second kappa shape index (κ2) is 6.85. The molecule has 1 atom stereocenters. The first-order chi connectivity index (χ1) is 6.68. The molecule has 96 valence electrons. The van der Waals surface area contributed by atoms with Gasteiger partial charge in [-0.1, -0.05) is 26.0 Å². The molecule has 0 amide bonds. The summed E-state index contributed by atoms with van der Waals surface area (Å²) in [6, 6.07) is 0.677. The second-order valence-electron chi connectivity index (χ2n) is 5.29. The highest BCUT2D eigenvalue weighted by Crippen LogP contribution is 2.30. The summed E-state index contributed by atoms with van der Waals surface area (Å²) < 4.78 is 0. The van der Waals surface area contributed by atoms with Crippen LogP contribution in [0.15, 0.2) is 12.2 Å². The molecule has 0 aromatic rings. The highest BCUT2D eigenvalue weighted by Gasteiger charge is 2.32. The van der Waals surface area contributed by atoms with Crippen molar-refractivity contribution in [3.63, 3.8) is 0 Å². The zero-order valence-electron chi connectivity index (χ0n) is 10.2. The molecule has 0 saturated carbocycles. The molecule has 2 nitrogen and oxygen atoms in total. The minimum absolute atomic E-state index is 0. The average Bonchev–Trinajstić information content (AvgIpc) is 2.61. The van der Waals surface area contributed by atoms with E-state index in [-0.39, 0.29) is 24.8 Å². The number of nitrogens with one attached hydrogen (secondary N) is 1. The molecule has 0 bridgehead atoms. The Kier molecular flexibility index (Phi) is 6.95. The van der Waals surface area contributed by atoms with Crippen LogP contribution in [-0.4, -0.2) is 37.1 Å². The Balaban J connectivity index is 0.00000112. The van der Waals surface area contributed by atoms with E-state index in [1.165, 1.54) is 25.9 Å². The van der Waals surface area contributed by atoms with E-state index in [9.17, 15) is 0 Å². The number of rotatable bonds is 2. The maximum atomic E-state index is 3.67. The van der Waals surface area contributed by atoms with E-state index >= 15 is 0 Å². The van der Waals surface area contributed by atoms with Crippen molar-refractivity contribution in [1.82, 2.24) is 10.2 Å². The lowest BCUT2D eigenvalue weighted by molar-refractivity contribution is 0.140. The van der Waals surface area contributed by atoms with Crippen LogP contribution in [0.2, 0.25) is 0 Å². The van der Waals surface area contributed by atoms with Crippen molar-refractivity contribution in [3.8, 4) is 0 Å². The van der Waals surface area contributed by atoms with Gasteiger partial charge in [0.05, 0.1) is 0 Å². The Labute approximate surface area is 112 Å². The maximum absolute atomic E-state index is 3.67. The molecule has 0 aromatic carbocycles. The van der Waals surface area contributed by atoms with E-state index in [2.05, 4.69) is 36.2 Å². The lowest BCUT2D eigenvalue weighted by Crippen LogP contribution is -2.52. The SMILES string of the molecule is CC1(C)CCCNC1CN1CC=CC1.Cl.Cl. The van der Waals surface area contributed by atoms with Crippen molar-refractivity contribution in [1.29, 1.82) is 0 Å². The topological polar surface area (TPSA) is 15.3 Å². The van der Waals surface area contributed by atoms with E-state index in [1.807, 2.05) is 0 Å². The number of piperidine rings is 1. The van der Waals surface area contributed by atoms with Gasteiger partial charge in [0, 0.05) is 25.7 Å². The number of hydrogen-bond donors (Lipinski definition) is 1. The lowest BCUT2D eigenvalue weighted by Gasteiger charge is -2.41. The molecule has 0 aliphatic carbocycles. The van der Waals surface area contributed by atoms with Gasteiger partial charge in [-0.3, -0.25) is 4.90 Å². The standard InChI is InChI=1S/C12H22N2.2ClH/c1-12(2)6-5-7-13-11(12)10-14-8-3-4-9-14;;/h3-4,11,13H,5-10H2,1-2H3;2*1H. The number of nitrogens with zero attached hydrogens (tertiary/aromatic N) is 1. The first-order valence-electron chi connectivity index (χ1n) is 5.79. The molecule has 0 radical (unpaired) electrons. The minimum atomic E-state index is 0. The third kappa shape index (κ3) is 3.92. The van der Waals surface area contributed by atoms with Crippen molar-refractivity contribution < 1.29 is 0 Å². The summed E-state index contributed by atoms with van der Waals surface area (Å²) in [6.07, 6.45) is 7.25. The van der Waals surface area contributed by atoms with Crippen molar-refractivity contribution in [2.45, 2.75) is 32.7 Å². The zero-order chi connectivity index (χ0) is 10.0. The first kappa shape index (κ1) is 16.2. The largest absolute Gasteiger partial charge is 0.312 e. The first-order valence-corrected chi connectivity index (χ1v) is 5.79. The average molecular weight is 267 g/mol. The van der Waals surface area contributed by atoms with Gasteiger partial charge in [-0.25, -0.2) is 0 Å². The maximum Gasteiger partial charge on any atom is 0.0246 e. The molecular formula is C12H24Cl2N2. The van der Waals surface area contributed by atoms with Gasteiger partial charge in [-0.2, -0.15) is 0 Å². The number of hydrogen-bond acceptors (Lipinski definition) is 2. The summed E-state index contributed by atoms with van der Waals surface area (Å²) in [5.41, 5.74) is 0.473. The molecule has 2 aliphatic rings. The molecule has 1 N–H and O–H groups in total. The van der Waals surface area contributed by atoms with Crippen molar-refractivity contribution >= 4 is 24.8 Å². The summed E-state index contributed by atoms with van der Waals surface area (Å²) >= 11 is 0. The van der Waals surface area contributed by atoms with Crippen LogP contribution in [-0.2, 0) is 0 Å². The van der Waals surface area contributed by atoms with Gasteiger partial charge in [0.15, 0.2) is 0 Å². The van der Waals surface area contributed by atoms with E-state index in [0.717, 1.165) is 13.1 Å². The van der Waals surface area contributed by atoms with E-state index in [1.54, 1.807) is 0 Å². The van der Waals surface area contributed by atoms with Gasteiger partial charge in [-0.05, 0) is 24.8 Å². The Morgan fingerprint density at radius 1 is 1.25 bits per heavy atom. The molecular weight excluding hydrogens is 243 g/mol. The van der Waals surface area contributed by atoms with Crippen LogP contribution >= 0.6 is 24.8 Å². The van der Waals surface area contributed by atoms with Crippen LogP contribution in [0.5, 0.6) is 0 Å².